The molecule has 0 aromatic rings. The molecule has 0 aromatic heterocycles. The zero-order chi connectivity index (χ0) is 11.6. The molecule has 0 heterocycles. The Morgan fingerprint density at radius 1 is 1.50 bits per heavy atom. The number of ether oxygens (including phenoxy) is 1. The van der Waals surface area contributed by atoms with Gasteiger partial charge >= 0.3 is 5.97 Å². The van der Waals surface area contributed by atoms with Gasteiger partial charge in [-0.25, -0.2) is 4.39 Å². The first-order valence-electron chi connectivity index (χ1n) is 4.71. The topological polar surface area (TPSA) is 52.3 Å². The minimum atomic E-state index is -1.69. The average Bonchev–Trinajstić information content (AvgIpc) is 2.02. The second-order valence-electron chi connectivity index (χ2n) is 4.29. The van der Waals surface area contributed by atoms with Gasteiger partial charge in [0.2, 0.25) is 0 Å². The third kappa shape index (κ3) is 1.90. The number of methoxy groups -OCH3 is 1. The number of hydrogen-bond donors (Lipinski definition) is 1. The second kappa shape index (κ2) is 4.26. The van der Waals surface area contributed by atoms with Crippen LogP contribution in [0.5, 0.6) is 0 Å². The molecule has 0 radical (unpaired) electrons. The molecule has 0 amide bonds. The van der Waals surface area contributed by atoms with E-state index in [1.54, 1.807) is 13.8 Å². The molecule has 2 N–H and O–H groups in total. The van der Waals surface area contributed by atoms with Crippen LogP contribution >= 0.6 is 0 Å². The van der Waals surface area contributed by atoms with Crippen molar-refractivity contribution in [2.75, 3.05) is 13.7 Å². The van der Waals surface area contributed by atoms with Crippen LogP contribution in [0.4, 0.5) is 4.39 Å². The van der Waals surface area contributed by atoms with E-state index in [0.717, 1.165) is 0 Å². The highest BCUT2D eigenvalue weighted by Gasteiger charge is 2.54. The number of rotatable bonds is 4. The minimum Gasteiger partial charge on any atom is -0.468 e. The lowest BCUT2D eigenvalue weighted by Crippen LogP contribution is -2.55. The van der Waals surface area contributed by atoms with E-state index in [4.69, 9.17) is 5.73 Å². The zero-order valence-electron chi connectivity index (χ0n) is 9.56. The van der Waals surface area contributed by atoms with E-state index in [-0.39, 0.29) is 12.5 Å². The van der Waals surface area contributed by atoms with Crippen LogP contribution in [0.3, 0.4) is 0 Å². The molecule has 0 saturated heterocycles. The number of carbonyl (C=O) groups excluding carboxylic acids is 1. The van der Waals surface area contributed by atoms with Crippen molar-refractivity contribution in [1.29, 1.82) is 0 Å². The van der Waals surface area contributed by atoms with Gasteiger partial charge in [0.1, 0.15) is 11.1 Å². The summed E-state index contributed by atoms with van der Waals surface area (Å²) in [4.78, 5) is 11.6. The molecule has 0 aliphatic carbocycles. The van der Waals surface area contributed by atoms with Crippen LogP contribution in [0.1, 0.15) is 27.7 Å². The van der Waals surface area contributed by atoms with Crippen molar-refractivity contribution in [1.82, 2.24) is 0 Å². The first-order chi connectivity index (χ1) is 6.24. The summed E-state index contributed by atoms with van der Waals surface area (Å²) in [5.41, 5.74) is 2.58. The van der Waals surface area contributed by atoms with E-state index >= 15 is 0 Å². The van der Waals surface area contributed by atoms with Gasteiger partial charge in [0.15, 0.2) is 0 Å². The highest BCUT2D eigenvalue weighted by molar-refractivity contribution is 5.79. The van der Waals surface area contributed by atoms with Gasteiger partial charge < -0.3 is 10.5 Å². The van der Waals surface area contributed by atoms with Gasteiger partial charge in [-0.1, -0.05) is 13.8 Å². The van der Waals surface area contributed by atoms with Crippen LogP contribution in [0.25, 0.3) is 0 Å². The number of esters is 1. The summed E-state index contributed by atoms with van der Waals surface area (Å²) in [5, 5.41) is 0. The lowest BCUT2D eigenvalue weighted by atomic mass is 9.67. The van der Waals surface area contributed by atoms with Gasteiger partial charge in [0, 0.05) is 6.54 Å². The fourth-order valence-electron chi connectivity index (χ4n) is 1.91. The van der Waals surface area contributed by atoms with Crippen molar-refractivity contribution < 1.29 is 13.9 Å². The van der Waals surface area contributed by atoms with Gasteiger partial charge in [-0.2, -0.15) is 0 Å². The Bertz CT molecular complexity index is 211. The second-order valence-corrected chi connectivity index (χ2v) is 4.29. The molecule has 0 bridgehead atoms. The molecule has 1 atom stereocenters. The highest BCUT2D eigenvalue weighted by atomic mass is 19.1. The Labute approximate surface area is 84.8 Å². The summed E-state index contributed by atoms with van der Waals surface area (Å²) in [6, 6.07) is 0. The lowest BCUT2D eigenvalue weighted by molar-refractivity contribution is -0.166. The van der Waals surface area contributed by atoms with E-state index < -0.39 is 17.1 Å². The molecule has 0 saturated carbocycles. The molecule has 3 nitrogen and oxygen atoms in total. The van der Waals surface area contributed by atoms with E-state index in [1.165, 1.54) is 21.0 Å². The Morgan fingerprint density at radius 3 is 2.00 bits per heavy atom. The number of nitrogens with two attached hydrogens (primary N) is 1. The summed E-state index contributed by atoms with van der Waals surface area (Å²) in [5.74, 6) is -0.789. The molecule has 84 valence electrons. The van der Waals surface area contributed by atoms with E-state index in [0.29, 0.717) is 0 Å². The molecule has 0 spiro atoms. The van der Waals surface area contributed by atoms with Crippen LogP contribution < -0.4 is 5.73 Å². The molecule has 0 aliphatic rings. The van der Waals surface area contributed by atoms with E-state index in [1.807, 2.05) is 0 Å². The Balaban J connectivity index is 5.32. The Kier molecular flexibility index (Phi) is 4.06. The SMILES string of the molecule is COC(=O)C(CN)(C(C)C)C(C)(C)F. The van der Waals surface area contributed by atoms with Crippen LogP contribution in [-0.4, -0.2) is 25.3 Å². The Hall–Kier alpha value is -0.640. The third-order valence-corrected chi connectivity index (χ3v) is 2.92. The van der Waals surface area contributed by atoms with Crippen LogP contribution in [0, 0.1) is 11.3 Å². The fourth-order valence-corrected chi connectivity index (χ4v) is 1.91. The number of alkyl halides is 1. The maximum Gasteiger partial charge on any atom is 0.316 e. The molecule has 0 rings (SSSR count). The van der Waals surface area contributed by atoms with E-state index in [9.17, 15) is 9.18 Å². The highest BCUT2D eigenvalue weighted by Crippen LogP contribution is 2.41. The molecular formula is C10H20FNO2. The average molecular weight is 205 g/mol. The van der Waals surface area contributed by atoms with Crippen LogP contribution in [-0.2, 0) is 9.53 Å². The number of hydrogen-bond acceptors (Lipinski definition) is 3. The number of carbonyl (C=O) groups is 1. The molecule has 0 fully saturated rings. The summed E-state index contributed by atoms with van der Waals surface area (Å²) in [6.07, 6.45) is 0. The minimum absolute atomic E-state index is 0.0547. The molecule has 14 heavy (non-hydrogen) atoms. The largest absolute Gasteiger partial charge is 0.468 e. The molecule has 4 heteroatoms. The van der Waals surface area contributed by atoms with Gasteiger partial charge in [-0.3, -0.25) is 4.79 Å². The van der Waals surface area contributed by atoms with E-state index in [2.05, 4.69) is 4.74 Å². The first-order valence-corrected chi connectivity index (χ1v) is 4.71. The summed E-state index contributed by atoms with van der Waals surface area (Å²) in [6.45, 7) is 6.20. The van der Waals surface area contributed by atoms with Crippen molar-refractivity contribution in [3.63, 3.8) is 0 Å². The first kappa shape index (κ1) is 13.4. The van der Waals surface area contributed by atoms with Gasteiger partial charge in [-0.05, 0) is 19.8 Å². The molecule has 0 aliphatic heterocycles. The van der Waals surface area contributed by atoms with Crippen molar-refractivity contribution >= 4 is 5.97 Å². The maximum absolute atomic E-state index is 14.0. The van der Waals surface area contributed by atoms with Crippen molar-refractivity contribution in [3.8, 4) is 0 Å². The molecule has 0 aromatic carbocycles. The maximum atomic E-state index is 14.0. The third-order valence-electron chi connectivity index (χ3n) is 2.92. The fraction of sp³-hybridized carbons (Fsp3) is 0.900. The summed E-state index contributed by atoms with van der Waals surface area (Å²) >= 11 is 0. The van der Waals surface area contributed by atoms with Crippen molar-refractivity contribution in [2.45, 2.75) is 33.4 Å². The quantitative estimate of drug-likeness (QED) is 0.708. The van der Waals surface area contributed by atoms with Crippen LogP contribution in [0.15, 0.2) is 0 Å². The number of halogens is 1. The summed E-state index contributed by atoms with van der Waals surface area (Å²) in [7, 11) is 1.25. The monoisotopic (exact) mass is 205 g/mol. The van der Waals surface area contributed by atoms with Gasteiger partial charge in [-0.15, -0.1) is 0 Å². The van der Waals surface area contributed by atoms with Gasteiger partial charge in [0.25, 0.3) is 0 Å². The predicted molar refractivity (Wildman–Crippen MR) is 53.5 cm³/mol. The van der Waals surface area contributed by atoms with Crippen molar-refractivity contribution in [2.24, 2.45) is 17.1 Å². The lowest BCUT2D eigenvalue weighted by Gasteiger charge is -2.41. The molecule has 1 unspecified atom stereocenters. The smallest absolute Gasteiger partial charge is 0.316 e. The summed E-state index contributed by atoms with van der Waals surface area (Å²) < 4.78 is 18.7. The van der Waals surface area contributed by atoms with Crippen LogP contribution in [0.2, 0.25) is 0 Å². The zero-order valence-corrected chi connectivity index (χ0v) is 9.56. The normalized spacial score (nSPS) is 16.6. The Morgan fingerprint density at radius 2 is 1.93 bits per heavy atom. The van der Waals surface area contributed by atoms with Crippen molar-refractivity contribution in [3.05, 3.63) is 0 Å². The van der Waals surface area contributed by atoms with Gasteiger partial charge in [0.05, 0.1) is 7.11 Å². The molecular weight excluding hydrogens is 185 g/mol. The predicted octanol–water partition coefficient (Wildman–Crippen LogP) is 1.51. The standard InChI is InChI=1S/C10H20FNO2/c1-7(2)10(6-12,8(13)14-5)9(3,4)11/h7H,6,12H2,1-5H3.